The Bertz CT molecular complexity index is 809. The molecule has 0 aliphatic carbocycles. The van der Waals surface area contributed by atoms with E-state index in [4.69, 9.17) is 0 Å². The number of benzene rings is 1. The highest BCUT2D eigenvalue weighted by Crippen LogP contribution is 2.15. The van der Waals surface area contributed by atoms with Crippen LogP contribution in [0, 0.1) is 0 Å². The Hall–Kier alpha value is -1.95. The van der Waals surface area contributed by atoms with E-state index < -0.39 is 0 Å². The van der Waals surface area contributed by atoms with Crippen molar-refractivity contribution in [3.05, 3.63) is 53.1 Å². The summed E-state index contributed by atoms with van der Waals surface area (Å²) in [6, 6.07) is 11.2. The SMILES string of the molecule is O=c1ccc(-n2cnc3ccccc32)nn1CCCCBr. The van der Waals surface area contributed by atoms with Gasteiger partial charge in [0.05, 0.1) is 11.0 Å². The van der Waals surface area contributed by atoms with Crippen LogP contribution in [0.5, 0.6) is 0 Å². The molecule has 0 fully saturated rings. The average Bonchev–Trinajstić information content (AvgIpc) is 2.93. The Labute approximate surface area is 130 Å². The number of para-hydroxylation sites is 2. The fourth-order valence-electron chi connectivity index (χ4n) is 2.22. The maximum Gasteiger partial charge on any atom is 0.266 e. The normalized spacial score (nSPS) is 11.1. The second-order valence-corrected chi connectivity index (χ2v) is 5.55. The first-order chi connectivity index (χ1) is 10.3. The zero-order valence-electron chi connectivity index (χ0n) is 11.4. The minimum atomic E-state index is -0.0715. The van der Waals surface area contributed by atoms with E-state index in [0.29, 0.717) is 12.4 Å². The highest BCUT2D eigenvalue weighted by atomic mass is 79.9. The van der Waals surface area contributed by atoms with Crippen LogP contribution in [0.2, 0.25) is 0 Å². The van der Waals surface area contributed by atoms with Crippen molar-refractivity contribution in [1.82, 2.24) is 19.3 Å². The molecule has 21 heavy (non-hydrogen) atoms. The lowest BCUT2D eigenvalue weighted by molar-refractivity contribution is 0.540. The third-order valence-electron chi connectivity index (χ3n) is 3.31. The molecule has 108 valence electrons. The van der Waals surface area contributed by atoms with Gasteiger partial charge in [0.1, 0.15) is 6.33 Å². The first-order valence-corrected chi connectivity index (χ1v) is 7.98. The molecule has 0 aliphatic rings. The molecule has 0 spiro atoms. The minimum absolute atomic E-state index is 0.0715. The zero-order valence-corrected chi connectivity index (χ0v) is 13.0. The number of imidazole rings is 1. The van der Waals surface area contributed by atoms with Crippen LogP contribution in [0.25, 0.3) is 16.9 Å². The molecule has 0 radical (unpaired) electrons. The van der Waals surface area contributed by atoms with E-state index in [1.54, 1.807) is 18.5 Å². The Morgan fingerprint density at radius 2 is 1.95 bits per heavy atom. The van der Waals surface area contributed by atoms with Crippen molar-refractivity contribution < 1.29 is 0 Å². The predicted molar refractivity (Wildman–Crippen MR) is 86.2 cm³/mol. The maximum absolute atomic E-state index is 11.9. The minimum Gasteiger partial charge on any atom is -0.281 e. The summed E-state index contributed by atoms with van der Waals surface area (Å²) in [5.41, 5.74) is 1.82. The van der Waals surface area contributed by atoms with Gasteiger partial charge in [-0.15, -0.1) is 0 Å². The number of aryl methyl sites for hydroxylation is 1. The molecule has 0 N–H and O–H groups in total. The molecule has 1 aromatic carbocycles. The lowest BCUT2D eigenvalue weighted by Crippen LogP contribution is -2.23. The van der Waals surface area contributed by atoms with E-state index in [0.717, 1.165) is 29.2 Å². The fraction of sp³-hybridized carbons (Fsp3) is 0.267. The molecule has 6 heteroatoms. The van der Waals surface area contributed by atoms with Crippen LogP contribution >= 0.6 is 15.9 Å². The summed E-state index contributed by atoms with van der Waals surface area (Å²) in [5, 5.41) is 5.39. The highest BCUT2D eigenvalue weighted by Gasteiger charge is 2.07. The molecule has 0 saturated carbocycles. The Morgan fingerprint density at radius 3 is 2.81 bits per heavy atom. The molecule has 0 amide bonds. The largest absolute Gasteiger partial charge is 0.281 e. The van der Waals surface area contributed by atoms with Gasteiger partial charge in [-0.3, -0.25) is 9.36 Å². The van der Waals surface area contributed by atoms with Crippen LogP contribution in [0.4, 0.5) is 0 Å². The van der Waals surface area contributed by atoms with Crippen molar-refractivity contribution >= 4 is 27.0 Å². The first-order valence-electron chi connectivity index (χ1n) is 6.86. The summed E-state index contributed by atoms with van der Waals surface area (Å²) in [7, 11) is 0. The summed E-state index contributed by atoms with van der Waals surface area (Å²) >= 11 is 3.39. The molecular formula is C15H15BrN4O. The topological polar surface area (TPSA) is 52.7 Å². The average molecular weight is 347 g/mol. The van der Waals surface area contributed by atoms with Crippen molar-refractivity contribution in [2.24, 2.45) is 0 Å². The number of halogens is 1. The summed E-state index contributed by atoms with van der Waals surface area (Å²) in [4.78, 5) is 16.2. The van der Waals surface area contributed by atoms with E-state index in [9.17, 15) is 4.79 Å². The first kappa shape index (κ1) is 14.0. The third-order valence-corrected chi connectivity index (χ3v) is 3.87. The van der Waals surface area contributed by atoms with Gasteiger partial charge in [-0.1, -0.05) is 28.1 Å². The number of aromatic nitrogens is 4. The molecule has 0 atom stereocenters. The Balaban J connectivity index is 1.99. The molecule has 0 saturated heterocycles. The fourth-order valence-corrected chi connectivity index (χ4v) is 2.62. The van der Waals surface area contributed by atoms with Crippen LogP contribution in [0.1, 0.15) is 12.8 Å². The number of hydrogen-bond acceptors (Lipinski definition) is 3. The number of alkyl halides is 1. The standard InChI is InChI=1S/C15H15BrN4O/c16-9-3-4-10-20-15(21)8-7-14(18-20)19-11-17-12-5-1-2-6-13(12)19/h1-2,5-8,11H,3-4,9-10H2. The lowest BCUT2D eigenvalue weighted by Gasteiger charge is -2.07. The number of unbranched alkanes of at least 4 members (excludes halogenated alkanes) is 1. The van der Waals surface area contributed by atoms with Crippen LogP contribution < -0.4 is 5.56 Å². The van der Waals surface area contributed by atoms with Crippen molar-refractivity contribution in [2.45, 2.75) is 19.4 Å². The van der Waals surface area contributed by atoms with Crippen molar-refractivity contribution in [3.8, 4) is 5.82 Å². The van der Waals surface area contributed by atoms with Gasteiger partial charge in [0, 0.05) is 17.9 Å². The van der Waals surface area contributed by atoms with Gasteiger partial charge in [0.2, 0.25) is 0 Å². The molecule has 0 unspecified atom stereocenters. The summed E-state index contributed by atoms with van der Waals surface area (Å²) < 4.78 is 3.42. The molecule has 5 nitrogen and oxygen atoms in total. The summed E-state index contributed by atoms with van der Waals surface area (Å²) in [5.74, 6) is 0.710. The molecule has 2 heterocycles. The number of nitrogens with zero attached hydrogens (tertiary/aromatic N) is 4. The second kappa shape index (κ2) is 6.22. The third kappa shape index (κ3) is 2.90. The van der Waals surface area contributed by atoms with Gasteiger partial charge in [-0.25, -0.2) is 9.67 Å². The van der Waals surface area contributed by atoms with Gasteiger partial charge >= 0.3 is 0 Å². The van der Waals surface area contributed by atoms with Gasteiger partial charge in [-0.2, -0.15) is 5.10 Å². The molecular weight excluding hydrogens is 332 g/mol. The Morgan fingerprint density at radius 1 is 1.10 bits per heavy atom. The van der Waals surface area contributed by atoms with E-state index in [1.165, 1.54) is 4.68 Å². The van der Waals surface area contributed by atoms with Crippen molar-refractivity contribution in [2.75, 3.05) is 5.33 Å². The second-order valence-electron chi connectivity index (χ2n) is 4.75. The molecule has 3 rings (SSSR count). The number of fused-ring (bicyclic) bond motifs is 1. The van der Waals surface area contributed by atoms with Gasteiger partial charge in [0.25, 0.3) is 5.56 Å². The van der Waals surface area contributed by atoms with E-state index in [1.807, 2.05) is 28.8 Å². The number of rotatable bonds is 5. The molecule has 3 aromatic rings. The van der Waals surface area contributed by atoms with Gasteiger partial charge < -0.3 is 0 Å². The zero-order chi connectivity index (χ0) is 14.7. The van der Waals surface area contributed by atoms with E-state index in [-0.39, 0.29) is 5.56 Å². The molecule has 0 aliphatic heterocycles. The van der Waals surface area contributed by atoms with Crippen LogP contribution in [0.15, 0.2) is 47.5 Å². The summed E-state index contributed by atoms with van der Waals surface area (Å²) in [6.45, 7) is 0.630. The number of hydrogen-bond donors (Lipinski definition) is 0. The summed E-state index contributed by atoms with van der Waals surface area (Å²) in [6.07, 6.45) is 3.68. The van der Waals surface area contributed by atoms with Crippen LogP contribution in [-0.4, -0.2) is 24.7 Å². The van der Waals surface area contributed by atoms with Crippen LogP contribution in [-0.2, 0) is 6.54 Å². The Kier molecular flexibility index (Phi) is 4.15. The molecule has 0 bridgehead atoms. The van der Waals surface area contributed by atoms with Gasteiger partial charge in [0.15, 0.2) is 5.82 Å². The smallest absolute Gasteiger partial charge is 0.266 e. The van der Waals surface area contributed by atoms with E-state index >= 15 is 0 Å². The molecule has 2 aromatic heterocycles. The predicted octanol–water partition coefficient (Wildman–Crippen LogP) is 2.76. The monoisotopic (exact) mass is 346 g/mol. The maximum atomic E-state index is 11.9. The lowest BCUT2D eigenvalue weighted by atomic mass is 10.3. The van der Waals surface area contributed by atoms with Gasteiger partial charge in [-0.05, 0) is 31.0 Å². The van der Waals surface area contributed by atoms with Crippen molar-refractivity contribution in [1.29, 1.82) is 0 Å². The van der Waals surface area contributed by atoms with Crippen LogP contribution in [0.3, 0.4) is 0 Å². The quantitative estimate of drug-likeness (QED) is 0.527. The van der Waals surface area contributed by atoms with E-state index in [2.05, 4.69) is 26.0 Å². The van der Waals surface area contributed by atoms with Crippen molar-refractivity contribution in [3.63, 3.8) is 0 Å². The highest BCUT2D eigenvalue weighted by molar-refractivity contribution is 9.09.